The number of benzene rings is 2. The number of rotatable bonds is 4. The Morgan fingerprint density at radius 3 is 2.24 bits per heavy atom. The summed E-state index contributed by atoms with van der Waals surface area (Å²) in [5.74, 6) is 0.460. The van der Waals surface area contributed by atoms with E-state index in [1.165, 1.54) is 12.1 Å². The molecule has 0 unspecified atom stereocenters. The van der Waals surface area contributed by atoms with Crippen molar-refractivity contribution in [1.82, 2.24) is 9.97 Å². The van der Waals surface area contributed by atoms with E-state index in [9.17, 15) is 9.18 Å². The lowest BCUT2D eigenvalue weighted by molar-refractivity contribution is 0.0911. The van der Waals surface area contributed by atoms with Gasteiger partial charge in [-0.3, -0.25) is 4.79 Å². The van der Waals surface area contributed by atoms with Crippen molar-refractivity contribution in [2.24, 2.45) is 5.41 Å². The monoisotopic (exact) mass is 410 g/mol. The molecular weight excluding hydrogens is 391 g/mol. The van der Waals surface area contributed by atoms with Gasteiger partial charge in [0, 0.05) is 22.8 Å². The zero-order chi connectivity index (χ0) is 20.6. The van der Waals surface area contributed by atoms with Crippen LogP contribution in [0.2, 0.25) is 5.02 Å². The van der Waals surface area contributed by atoms with Gasteiger partial charge in [0.15, 0.2) is 5.78 Å². The molecule has 0 atom stereocenters. The largest absolute Gasteiger partial charge is 0.339 e. The number of fused-ring (bicyclic) bond motifs is 1. The third-order valence-corrected chi connectivity index (χ3v) is 5.01. The molecule has 1 aromatic heterocycles. The first kappa shape index (κ1) is 19.3. The van der Waals surface area contributed by atoms with Gasteiger partial charge in [0.2, 0.25) is 5.95 Å². The summed E-state index contributed by atoms with van der Waals surface area (Å²) < 4.78 is 13.3. The summed E-state index contributed by atoms with van der Waals surface area (Å²) in [6.45, 7) is 4.10. The average Bonchev–Trinajstić information content (AvgIpc) is 2.64. The molecule has 0 amide bonds. The van der Waals surface area contributed by atoms with Crippen molar-refractivity contribution < 1.29 is 9.18 Å². The van der Waals surface area contributed by atoms with Crippen LogP contribution in [0.3, 0.4) is 0 Å². The molecule has 0 saturated carbocycles. The molecule has 3 aromatic rings. The summed E-state index contributed by atoms with van der Waals surface area (Å²) in [4.78, 5) is 22.0. The molecule has 2 aromatic carbocycles. The number of hydrogen-bond donors (Lipinski definition) is 2. The SMILES string of the molecule is CC1(C)CC(=O)c2c(nc(Nc3ccc(Cl)cc3)nc2Nc2ccc(F)cc2)C1. The summed E-state index contributed by atoms with van der Waals surface area (Å²) in [5.41, 5.74) is 2.44. The van der Waals surface area contributed by atoms with E-state index in [0.29, 0.717) is 46.6 Å². The molecular formula is C22H20ClFN4O. The molecule has 4 rings (SSSR count). The van der Waals surface area contributed by atoms with Crippen LogP contribution in [-0.4, -0.2) is 15.8 Å². The first-order valence-corrected chi connectivity index (χ1v) is 9.66. The lowest BCUT2D eigenvalue weighted by Crippen LogP contribution is -2.29. The highest BCUT2D eigenvalue weighted by Gasteiger charge is 2.35. The number of carbonyl (C=O) groups excluding carboxylic acids is 1. The van der Waals surface area contributed by atoms with E-state index in [1.54, 1.807) is 24.3 Å². The van der Waals surface area contributed by atoms with E-state index in [2.05, 4.69) is 34.4 Å². The molecule has 5 nitrogen and oxygen atoms in total. The summed E-state index contributed by atoms with van der Waals surface area (Å²) in [6.07, 6.45) is 1.08. The number of hydrogen-bond acceptors (Lipinski definition) is 5. The van der Waals surface area contributed by atoms with Gasteiger partial charge in [-0.15, -0.1) is 0 Å². The van der Waals surface area contributed by atoms with Crippen molar-refractivity contribution in [2.45, 2.75) is 26.7 Å². The quantitative estimate of drug-likeness (QED) is 0.559. The van der Waals surface area contributed by atoms with Crippen LogP contribution in [0.25, 0.3) is 0 Å². The van der Waals surface area contributed by atoms with Crippen LogP contribution in [-0.2, 0) is 6.42 Å². The fourth-order valence-corrected chi connectivity index (χ4v) is 3.57. The van der Waals surface area contributed by atoms with Gasteiger partial charge >= 0.3 is 0 Å². The van der Waals surface area contributed by atoms with Crippen LogP contribution in [0.4, 0.5) is 27.5 Å². The number of nitrogens with zero attached hydrogens (tertiary/aromatic N) is 2. The van der Waals surface area contributed by atoms with Crippen LogP contribution < -0.4 is 10.6 Å². The lowest BCUT2D eigenvalue weighted by atomic mass is 9.75. The molecule has 0 fully saturated rings. The first-order chi connectivity index (χ1) is 13.8. The normalized spacial score (nSPS) is 15.0. The number of anilines is 4. The fourth-order valence-electron chi connectivity index (χ4n) is 3.45. The summed E-state index contributed by atoms with van der Waals surface area (Å²) in [6, 6.07) is 13.1. The van der Waals surface area contributed by atoms with E-state index < -0.39 is 0 Å². The second-order valence-electron chi connectivity index (χ2n) is 7.92. The Bertz CT molecular complexity index is 1070. The summed E-state index contributed by atoms with van der Waals surface area (Å²) >= 11 is 5.95. The predicted molar refractivity (Wildman–Crippen MR) is 113 cm³/mol. The van der Waals surface area contributed by atoms with Crippen LogP contribution >= 0.6 is 11.6 Å². The molecule has 0 spiro atoms. The third-order valence-electron chi connectivity index (χ3n) is 4.76. The number of ketones is 1. The number of Topliss-reactive ketones (excluding diaryl/α,β-unsaturated/α-hetero) is 1. The van der Waals surface area contributed by atoms with E-state index in [1.807, 2.05) is 12.1 Å². The number of carbonyl (C=O) groups is 1. The molecule has 1 heterocycles. The van der Waals surface area contributed by atoms with Gasteiger partial charge in [-0.05, 0) is 60.4 Å². The Balaban J connectivity index is 1.75. The van der Waals surface area contributed by atoms with Crippen molar-refractivity contribution in [2.75, 3.05) is 10.6 Å². The second kappa shape index (κ2) is 7.44. The topological polar surface area (TPSA) is 66.9 Å². The van der Waals surface area contributed by atoms with Crippen LogP contribution in [0.15, 0.2) is 48.5 Å². The fraction of sp³-hybridized carbons (Fsp3) is 0.227. The summed E-state index contributed by atoms with van der Waals surface area (Å²) in [5, 5.41) is 6.95. The molecule has 0 saturated heterocycles. The highest BCUT2D eigenvalue weighted by Crippen LogP contribution is 2.37. The van der Waals surface area contributed by atoms with E-state index in [4.69, 9.17) is 11.6 Å². The highest BCUT2D eigenvalue weighted by molar-refractivity contribution is 6.30. The number of halogens is 2. The first-order valence-electron chi connectivity index (χ1n) is 9.28. The molecule has 2 N–H and O–H groups in total. The maximum absolute atomic E-state index is 13.3. The average molecular weight is 411 g/mol. The molecule has 148 valence electrons. The Morgan fingerprint density at radius 2 is 1.55 bits per heavy atom. The van der Waals surface area contributed by atoms with E-state index in [0.717, 1.165) is 5.69 Å². The van der Waals surface area contributed by atoms with E-state index in [-0.39, 0.29) is 17.0 Å². The van der Waals surface area contributed by atoms with Gasteiger partial charge in [-0.25, -0.2) is 9.37 Å². The van der Waals surface area contributed by atoms with Crippen molar-refractivity contribution in [3.05, 3.63) is 70.6 Å². The van der Waals surface area contributed by atoms with Crippen molar-refractivity contribution >= 4 is 40.5 Å². The Labute approximate surface area is 173 Å². The standard InChI is InChI=1S/C22H20ClFN4O/c1-22(2)11-17-19(18(29)12-22)20(25-15-9-5-14(24)6-10-15)28-21(27-17)26-16-7-3-13(23)4-8-16/h3-10H,11-12H2,1-2H3,(H2,25,26,27,28). The van der Waals surface area contributed by atoms with Gasteiger partial charge in [0.25, 0.3) is 0 Å². The molecule has 0 aliphatic heterocycles. The maximum atomic E-state index is 13.3. The lowest BCUT2D eigenvalue weighted by Gasteiger charge is -2.30. The third kappa shape index (κ3) is 4.38. The molecule has 1 aliphatic rings. The minimum absolute atomic E-state index is 0.00101. The molecule has 0 radical (unpaired) electrons. The number of nitrogens with one attached hydrogen (secondary N) is 2. The van der Waals surface area contributed by atoms with Crippen LogP contribution in [0.1, 0.15) is 36.3 Å². The van der Waals surface area contributed by atoms with Crippen molar-refractivity contribution in [3.8, 4) is 0 Å². The molecule has 1 aliphatic carbocycles. The predicted octanol–water partition coefficient (Wildman–Crippen LogP) is 5.91. The Morgan fingerprint density at radius 1 is 0.931 bits per heavy atom. The van der Waals surface area contributed by atoms with Crippen LogP contribution in [0.5, 0.6) is 0 Å². The van der Waals surface area contributed by atoms with Gasteiger partial charge in [-0.1, -0.05) is 25.4 Å². The van der Waals surface area contributed by atoms with Gasteiger partial charge in [0.05, 0.1) is 11.3 Å². The minimum Gasteiger partial charge on any atom is -0.339 e. The smallest absolute Gasteiger partial charge is 0.229 e. The molecule has 0 bridgehead atoms. The second-order valence-corrected chi connectivity index (χ2v) is 8.36. The zero-order valence-corrected chi connectivity index (χ0v) is 16.8. The van der Waals surface area contributed by atoms with Gasteiger partial charge in [-0.2, -0.15) is 4.98 Å². The van der Waals surface area contributed by atoms with Crippen LogP contribution in [0, 0.1) is 11.2 Å². The maximum Gasteiger partial charge on any atom is 0.229 e. The Hall–Kier alpha value is -2.99. The van der Waals surface area contributed by atoms with E-state index >= 15 is 0 Å². The number of aromatic nitrogens is 2. The highest BCUT2D eigenvalue weighted by atomic mass is 35.5. The molecule has 29 heavy (non-hydrogen) atoms. The van der Waals surface area contributed by atoms with Gasteiger partial charge in [0.1, 0.15) is 11.6 Å². The summed E-state index contributed by atoms with van der Waals surface area (Å²) in [7, 11) is 0. The van der Waals surface area contributed by atoms with Crippen molar-refractivity contribution in [3.63, 3.8) is 0 Å². The Kier molecular flexibility index (Phi) is 4.96. The van der Waals surface area contributed by atoms with Crippen molar-refractivity contribution in [1.29, 1.82) is 0 Å². The van der Waals surface area contributed by atoms with Gasteiger partial charge < -0.3 is 10.6 Å². The minimum atomic E-state index is -0.330. The molecule has 7 heteroatoms. The zero-order valence-electron chi connectivity index (χ0n) is 16.1.